The zero-order chi connectivity index (χ0) is 14.1. The van der Waals surface area contributed by atoms with Crippen LogP contribution in [0.4, 0.5) is 10.8 Å². The molecule has 1 aliphatic heterocycles. The Bertz CT molecular complexity index is 697. The maximum Gasteiger partial charge on any atom is 0.186 e. The maximum atomic E-state index is 4.73. The van der Waals surface area contributed by atoms with E-state index in [0.717, 1.165) is 30.3 Å². The summed E-state index contributed by atoms with van der Waals surface area (Å²) in [4.78, 5) is 9.40. The highest BCUT2D eigenvalue weighted by molar-refractivity contribution is 7.22. The van der Waals surface area contributed by atoms with Crippen molar-refractivity contribution in [2.75, 3.05) is 29.4 Å². The summed E-state index contributed by atoms with van der Waals surface area (Å²) in [5.74, 6) is 0. The van der Waals surface area contributed by atoms with Crippen LogP contribution in [0.2, 0.25) is 0 Å². The molecule has 1 aliphatic rings. The highest BCUT2D eigenvalue weighted by Gasteiger charge is 2.20. The third-order valence-electron chi connectivity index (χ3n) is 3.78. The molecule has 4 heteroatoms. The van der Waals surface area contributed by atoms with Crippen molar-refractivity contribution in [2.45, 2.75) is 0 Å². The molecule has 0 bridgehead atoms. The average molecular weight is 294 g/mol. The summed E-state index contributed by atoms with van der Waals surface area (Å²) in [6.07, 6.45) is 0. The Balaban J connectivity index is 1.50. The molecule has 105 valence electrons. The Morgan fingerprint density at radius 1 is 0.905 bits per heavy atom. The van der Waals surface area contributed by atoms with Gasteiger partial charge in [-0.05, 0) is 24.3 Å². The second-order valence-corrected chi connectivity index (χ2v) is 6.13. The van der Waals surface area contributed by atoms with E-state index in [1.54, 1.807) is 11.3 Å². The molecule has 1 saturated heterocycles. The van der Waals surface area contributed by atoms with Gasteiger partial charge < -0.3 is 9.80 Å². The lowest BCUT2D eigenvalue weighted by Crippen LogP contribution is -2.43. The first-order valence-corrected chi connectivity index (χ1v) is 7.97. The van der Waals surface area contributed by atoms with Gasteiger partial charge in [0.2, 0.25) is 0 Å². The van der Waals surface area contributed by atoms with Crippen LogP contribution in [-0.4, -0.2) is 24.6 Å². The molecular formula is C17H16N3S. The van der Waals surface area contributed by atoms with Crippen molar-refractivity contribution >= 4 is 32.4 Å². The Morgan fingerprint density at radius 2 is 1.71 bits per heavy atom. The number of fused-ring (bicyclic) bond motifs is 1. The first-order valence-electron chi connectivity index (χ1n) is 7.16. The lowest BCUT2D eigenvalue weighted by molar-refractivity contribution is 0.710. The van der Waals surface area contributed by atoms with Gasteiger partial charge in [0, 0.05) is 25.3 Å². The lowest BCUT2D eigenvalue weighted by Gasteiger charge is -2.35. The SMILES string of the molecule is [CH]1CN(c2ccccc2)CCN1c1nc2ccccc2s1. The number of piperazine rings is 1. The molecule has 2 aromatic carbocycles. The molecule has 1 fully saturated rings. The molecule has 21 heavy (non-hydrogen) atoms. The zero-order valence-electron chi connectivity index (χ0n) is 11.6. The van der Waals surface area contributed by atoms with Crippen molar-refractivity contribution in [2.24, 2.45) is 0 Å². The minimum absolute atomic E-state index is 0.930. The Hall–Kier alpha value is -2.07. The summed E-state index contributed by atoms with van der Waals surface area (Å²) >= 11 is 1.77. The predicted molar refractivity (Wildman–Crippen MR) is 89.9 cm³/mol. The van der Waals surface area contributed by atoms with Crippen LogP contribution >= 0.6 is 11.3 Å². The molecule has 0 N–H and O–H groups in total. The summed E-state index contributed by atoms with van der Waals surface area (Å²) in [7, 11) is 0. The van der Waals surface area contributed by atoms with E-state index >= 15 is 0 Å². The van der Waals surface area contributed by atoms with Gasteiger partial charge in [0.15, 0.2) is 5.13 Å². The number of benzene rings is 2. The van der Waals surface area contributed by atoms with Crippen molar-refractivity contribution in [1.29, 1.82) is 0 Å². The number of thiazole rings is 1. The van der Waals surface area contributed by atoms with Gasteiger partial charge in [0.1, 0.15) is 0 Å². The molecule has 0 unspecified atom stereocenters. The molecule has 0 atom stereocenters. The van der Waals surface area contributed by atoms with Crippen LogP contribution in [0, 0.1) is 6.54 Å². The van der Waals surface area contributed by atoms with Crippen LogP contribution in [0.15, 0.2) is 54.6 Å². The number of hydrogen-bond acceptors (Lipinski definition) is 4. The summed E-state index contributed by atoms with van der Waals surface area (Å²) in [6.45, 7) is 5.18. The Kier molecular flexibility index (Phi) is 3.24. The van der Waals surface area contributed by atoms with Gasteiger partial charge in [-0.15, -0.1) is 0 Å². The molecule has 1 aromatic heterocycles. The second-order valence-electron chi connectivity index (χ2n) is 5.12. The topological polar surface area (TPSA) is 19.4 Å². The monoisotopic (exact) mass is 294 g/mol. The zero-order valence-corrected chi connectivity index (χ0v) is 12.5. The highest BCUT2D eigenvalue weighted by atomic mass is 32.1. The van der Waals surface area contributed by atoms with Gasteiger partial charge in [0.05, 0.1) is 16.8 Å². The fraction of sp³-hybridized carbons (Fsp3) is 0.176. The van der Waals surface area contributed by atoms with E-state index < -0.39 is 0 Å². The number of nitrogens with zero attached hydrogens (tertiary/aromatic N) is 3. The minimum Gasteiger partial charge on any atom is -0.368 e. The van der Waals surface area contributed by atoms with Gasteiger partial charge in [-0.3, -0.25) is 0 Å². The molecule has 4 rings (SSSR count). The number of rotatable bonds is 2. The molecule has 0 saturated carbocycles. The number of anilines is 2. The second kappa shape index (κ2) is 5.37. The van der Waals surface area contributed by atoms with E-state index in [2.05, 4.69) is 64.9 Å². The van der Waals surface area contributed by atoms with Gasteiger partial charge in [-0.25, -0.2) is 4.98 Å². The molecule has 2 heterocycles. The third-order valence-corrected chi connectivity index (χ3v) is 4.86. The smallest absolute Gasteiger partial charge is 0.186 e. The molecule has 1 radical (unpaired) electrons. The summed E-state index contributed by atoms with van der Waals surface area (Å²) in [5.41, 5.74) is 2.38. The quantitative estimate of drug-likeness (QED) is 0.717. The summed E-state index contributed by atoms with van der Waals surface area (Å²) < 4.78 is 1.26. The van der Waals surface area contributed by atoms with Crippen LogP contribution in [0.25, 0.3) is 10.2 Å². The first kappa shape index (κ1) is 12.7. The number of aromatic nitrogens is 1. The van der Waals surface area contributed by atoms with Crippen molar-refractivity contribution in [3.63, 3.8) is 0 Å². The fourth-order valence-electron chi connectivity index (χ4n) is 2.64. The van der Waals surface area contributed by atoms with E-state index in [-0.39, 0.29) is 0 Å². The standard InChI is InChI=1S/C17H16N3S/c1-2-6-14(7-3-1)19-10-12-20(13-11-19)17-18-15-8-4-5-9-16(15)21-17/h1-9,12H,10-11,13H2. The van der Waals surface area contributed by atoms with Crippen LogP contribution in [-0.2, 0) is 0 Å². The molecule has 3 aromatic rings. The number of hydrogen-bond donors (Lipinski definition) is 0. The third kappa shape index (κ3) is 2.47. The van der Waals surface area contributed by atoms with Crippen molar-refractivity contribution in [3.8, 4) is 0 Å². The Labute approximate surface area is 128 Å². The number of para-hydroxylation sites is 2. The molecule has 3 nitrogen and oxygen atoms in total. The normalized spacial score (nSPS) is 15.6. The minimum atomic E-state index is 0.930. The van der Waals surface area contributed by atoms with E-state index in [0.29, 0.717) is 0 Å². The van der Waals surface area contributed by atoms with Crippen molar-refractivity contribution in [3.05, 3.63) is 61.1 Å². The van der Waals surface area contributed by atoms with Crippen LogP contribution < -0.4 is 9.80 Å². The highest BCUT2D eigenvalue weighted by Crippen LogP contribution is 2.30. The van der Waals surface area contributed by atoms with E-state index in [1.165, 1.54) is 10.4 Å². The van der Waals surface area contributed by atoms with E-state index in [9.17, 15) is 0 Å². The summed E-state index contributed by atoms with van der Waals surface area (Å²) in [5, 5.41) is 1.10. The van der Waals surface area contributed by atoms with Crippen LogP contribution in [0.1, 0.15) is 0 Å². The van der Waals surface area contributed by atoms with Gasteiger partial charge in [-0.2, -0.15) is 0 Å². The van der Waals surface area contributed by atoms with Crippen LogP contribution in [0.5, 0.6) is 0 Å². The molecular weight excluding hydrogens is 278 g/mol. The van der Waals surface area contributed by atoms with Gasteiger partial charge in [-0.1, -0.05) is 41.7 Å². The predicted octanol–water partition coefficient (Wildman–Crippen LogP) is 3.78. The van der Waals surface area contributed by atoms with Crippen LogP contribution in [0.3, 0.4) is 0 Å². The van der Waals surface area contributed by atoms with E-state index in [4.69, 9.17) is 4.98 Å². The lowest BCUT2D eigenvalue weighted by atomic mass is 10.2. The van der Waals surface area contributed by atoms with Crippen molar-refractivity contribution < 1.29 is 0 Å². The molecule has 0 spiro atoms. The average Bonchev–Trinajstić information content (AvgIpc) is 3.00. The van der Waals surface area contributed by atoms with E-state index in [1.807, 2.05) is 6.07 Å². The maximum absolute atomic E-state index is 4.73. The Morgan fingerprint density at radius 3 is 2.48 bits per heavy atom. The van der Waals surface area contributed by atoms with Gasteiger partial charge >= 0.3 is 0 Å². The fourth-order valence-corrected chi connectivity index (χ4v) is 3.63. The molecule has 0 aliphatic carbocycles. The van der Waals surface area contributed by atoms with Crippen molar-refractivity contribution in [1.82, 2.24) is 4.98 Å². The largest absolute Gasteiger partial charge is 0.368 e. The molecule has 0 amide bonds. The van der Waals surface area contributed by atoms with Gasteiger partial charge in [0.25, 0.3) is 0 Å². The summed E-state index contributed by atoms with van der Waals surface area (Å²) in [6, 6.07) is 18.9. The first-order chi connectivity index (χ1) is 10.4.